The highest BCUT2D eigenvalue weighted by Gasteiger charge is 2.08. The number of carbonyl (C=O) groups is 1. The Kier molecular flexibility index (Phi) is 8.17. The van der Waals surface area contributed by atoms with E-state index in [0.717, 1.165) is 11.0 Å². The van der Waals surface area contributed by atoms with Gasteiger partial charge < -0.3 is 4.74 Å². The fourth-order valence-corrected chi connectivity index (χ4v) is 2.37. The summed E-state index contributed by atoms with van der Waals surface area (Å²) in [6, 6.07) is 17.4. The molecule has 0 radical (unpaired) electrons. The van der Waals surface area contributed by atoms with E-state index in [1.807, 2.05) is 37.4 Å². The van der Waals surface area contributed by atoms with E-state index >= 15 is 0 Å². The van der Waals surface area contributed by atoms with Gasteiger partial charge in [0.25, 0.3) is 0 Å². The van der Waals surface area contributed by atoms with Crippen LogP contribution in [-0.2, 0) is 11.3 Å². The molecule has 0 heterocycles. The van der Waals surface area contributed by atoms with Gasteiger partial charge in [0.2, 0.25) is 0 Å². The minimum Gasteiger partial charge on any atom is -0.461 e. The lowest BCUT2D eigenvalue weighted by Gasteiger charge is -2.16. The Morgan fingerprint density at radius 3 is 2.55 bits per heavy atom. The zero-order valence-electron chi connectivity index (χ0n) is 12.4. The van der Waals surface area contributed by atoms with E-state index in [2.05, 4.69) is 33.0 Å². The van der Waals surface area contributed by atoms with Crippen LogP contribution < -0.4 is 0 Å². The van der Waals surface area contributed by atoms with Crippen LogP contribution in [0.15, 0.2) is 59.1 Å². The van der Waals surface area contributed by atoms with Gasteiger partial charge in [-0.2, -0.15) is 0 Å². The highest BCUT2D eigenvalue weighted by Crippen LogP contribution is 2.12. The molecule has 0 atom stereocenters. The summed E-state index contributed by atoms with van der Waals surface area (Å²) in [5.41, 5.74) is 1.81. The summed E-state index contributed by atoms with van der Waals surface area (Å²) in [6.45, 7) is 1.93. The number of carbonyl (C=O) groups excluding carboxylic acids is 1. The van der Waals surface area contributed by atoms with Crippen LogP contribution >= 0.6 is 28.3 Å². The molecule has 0 N–H and O–H groups in total. The van der Waals surface area contributed by atoms with Gasteiger partial charge in [0.05, 0.1) is 5.56 Å². The second kappa shape index (κ2) is 9.62. The molecule has 0 aromatic heterocycles. The highest BCUT2D eigenvalue weighted by atomic mass is 79.9. The van der Waals surface area contributed by atoms with Gasteiger partial charge in [-0.05, 0) is 30.8 Å². The molecule has 0 aliphatic rings. The number of hydrogen-bond donors (Lipinski definition) is 0. The second-order valence-electron chi connectivity index (χ2n) is 4.87. The molecule has 0 spiro atoms. The summed E-state index contributed by atoms with van der Waals surface area (Å²) in [5, 5.41) is 0. The molecule has 22 heavy (non-hydrogen) atoms. The first-order valence-corrected chi connectivity index (χ1v) is 7.59. The summed E-state index contributed by atoms with van der Waals surface area (Å²) in [5.74, 6) is -0.288. The van der Waals surface area contributed by atoms with Gasteiger partial charge in [-0.1, -0.05) is 52.3 Å². The molecular formula is C17H19BrClNO2. The van der Waals surface area contributed by atoms with Crippen molar-refractivity contribution in [3.63, 3.8) is 0 Å². The number of ether oxygens (including phenoxy) is 1. The fraction of sp³-hybridized carbons (Fsp3) is 0.235. The molecule has 0 amide bonds. The first kappa shape index (κ1) is 18.7. The van der Waals surface area contributed by atoms with Crippen molar-refractivity contribution >= 4 is 34.3 Å². The van der Waals surface area contributed by atoms with Crippen molar-refractivity contribution in [2.45, 2.75) is 6.54 Å². The first-order chi connectivity index (χ1) is 10.1. The Labute approximate surface area is 145 Å². The standard InChI is InChI=1S/C17H18BrNO2.ClH/c1-19(13-14-6-3-2-4-7-14)10-11-21-17(20)15-8-5-9-16(18)12-15;/h2-9,12H,10-11,13H2,1H3;1H. The molecule has 5 heteroatoms. The van der Waals surface area contributed by atoms with E-state index in [0.29, 0.717) is 18.7 Å². The second-order valence-corrected chi connectivity index (χ2v) is 5.79. The maximum atomic E-state index is 11.9. The van der Waals surface area contributed by atoms with Gasteiger partial charge in [0.15, 0.2) is 0 Å². The van der Waals surface area contributed by atoms with Gasteiger partial charge in [0, 0.05) is 17.6 Å². The quantitative estimate of drug-likeness (QED) is 0.700. The van der Waals surface area contributed by atoms with Gasteiger partial charge in [-0.25, -0.2) is 4.79 Å². The highest BCUT2D eigenvalue weighted by molar-refractivity contribution is 9.10. The molecule has 0 saturated heterocycles. The molecule has 0 unspecified atom stereocenters. The minimum absolute atomic E-state index is 0. The number of rotatable bonds is 6. The lowest BCUT2D eigenvalue weighted by molar-refractivity contribution is 0.0470. The minimum atomic E-state index is -0.288. The summed E-state index contributed by atoms with van der Waals surface area (Å²) >= 11 is 3.34. The van der Waals surface area contributed by atoms with E-state index in [1.165, 1.54) is 5.56 Å². The average Bonchev–Trinajstić information content (AvgIpc) is 2.48. The van der Waals surface area contributed by atoms with Crippen molar-refractivity contribution < 1.29 is 9.53 Å². The fourth-order valence-electron chi connectivity index (χ4n) is 1.97. The summed E-state index contributed by atoms with van der Waals surface area (Å²) in [4.78, 5) is 14.0. The molecule has 118 valence electrons. The van der Waals surface area contributed by atoms with E-state index in [4.69, 9.17) is 4.74 Å². The van der Waals surface area contributed by atoms with Gasteiger partial charge in [-0.3, -0.25) is 4.90 Å². The molecule has 2 aromatic rings. The number of halogens is 2. The van der Waals surface area contributed by atoms with Crippen molar-refractivity contribution in [1.29, 1.82) is 0 Å². The van der Waals surface area contributed by atoms with E-state index in [-0.39, 0.29) is 18.4 Å². The lowest BCUT2D eigenvalue weighted by atomic mass is 10.2. The van der Waals surface area contributed by atoms with E-state index in [9.17, 15) is 4.79 Å². The Bertz CT molecular complexity index is 592. The predicted molar refractivity (Wildman–Crippen MR) is 94.4 cm³/mol. The van der Waals surface area contributed by atoms with Crippen molar-refractivity contribution in [1.82, 2.24) is 4.90 Å². The maximum absolute atomic E-state index is 11.9. The number of nitrogens with zero attached hydrogens (tertiary/aromatic N) is 1. The van der Waals surface area contributed by atoms with Crippen molar-refractivity contribution in [2.75, 3.05) is 20.2 Å². The third-order valence-electron chi connectivity index (χ3n) is 3.06. The molecule has 2 aromatic carbocycles. The SMILES string of the molecule is CN(CCOC(=O)c1cccc(Br)c1)Cc1ccccc1.Cl. The van der Waals surface area contributed by atoms with Crippen LogP contribution in [0.1, 0.15) is 15.9 Å². The smallest absolute Gasteiger partial charge is 0.338 e. The number of esters is 1. The molecule has 0 bridgehead atoms. The zero-order valence-corrected chi connectivity index (χ0v) is 14.8. The first-order valence-electron chi connectivity index (χ1n) is 6.80. The van der Waals surface area contributed by atoms with Gasteiger partial charge >= 0.3 is 5.97 Å². The summed E-state index contributed by atoms with van der Waals surface area (Å²) < 4.78 is 6.16. The van der Waals surface area contributed by atoms with Crippen LogP contribution in [0.4, 0.5) is 0 Å². The van der Waals surface area contributed by atoms with Crippen LogP contribution in [0.25, 0.3) is 0 Å². The third kappa shape index (κ3) is 6.18. The molecule has 0 fully saturated rings. The molecular weight excluding hydrogens is 366 g/mol. The molecule has 0 aliphatic heterocycles. The van der Waals surface area contributed by atoms with Crippen LogP contribution in [-0.4, -0.2) is 31.1 Å². The van der Waals surface area contributed by atoms with Crippen LogP contribution in [0, 0.1) is 0 Å². The molecule has 3 nitrogen and oxygen atoms in total. The Morgan fingerprint density at radius 2 is 1.86 bits per heavy atom. The van der Waals surface area contributed by atoms with E-state index < -0.39 is 0 Å². The van der Waals surface area contributed by atoms with Gasteiger partial charge in [0.1, 0.15) is 6.61 Å². The average molecular weight is 385 g/mol. The Hall–Kier alpha value is -1.36. The van der Waals surface area contributed by atoms with Crippen molar-refractivity contribution in [3.05, 3.63) is 70.2 Å². The summed E-state index contributed by atoms with van der Waals surface area (Å²) in [6.07, 6.45) is 0. The maximum Gasteiger partial charge on any atom is 0.338 e. The van der Waals surface area contributed by atoms with Crippen molar-refractivity contribution in [3.8, 4) is 0 Å². The van der Waals surface area contributed by atoms with Crippen LogP contribution in [0.5, 0.6) is 0 Å². The zero-order chi connectivity index (χ0) is 15.1. The van der Waals surface area contributed by atoms with E-state index in [1.54, 1.807) is 12.1 Å². The lowest BCUT2D eigenvalue weighted by Crippen LogP contribution is -2.24. The molecule has 2 rings (SSSR count). The van der Waals surface area contributed by atoms with Gasteiger partial charge in [-0.15, -0.1) is 12.4 Å². The normalized spacial score (nSPS) is 10.1. The number of benzene rings is 2. The third-order valence-corrected chi connectivity index (χ3v) is 3.56. The number of likely N-dealkylation sites (N-methyl/N-ethyl adjacent to an activating group) is 1. The van der Waals surface area contributed by atoms with Crippen molar-refractivity contribution in [2.24, 2.45) is 0 Å². The number of hydrogen-bond acceptors (Lipinski definition) is 3. The van der Waals surface area contributed by atoms with Crippen LogP contribution in [0.2, 0.25) is 0 Å². The van der Waals surface area contributed by atoms with Crippen LogP contribution in [0.3, 0.4) is 0 Å². The monoisotopic (exact) mass is 383 g/mol. The Balaban J connectivity index is 0.00000242. The topological polar surface area (TPSA) is 29.5 Å². The Morgan fingerprint density at radius 1 is 1.14 bits per heavy atom. The molecule has 0 saturated carbocycles. The molecule has 0 aliphatic carbocycles. The summed E-state index contributed by atoms with van der Waals surface area (Å²) in [7, 11) is 2.01. The largest absolute Gasteiger partial charge is 0.461 e. The predicted octanol–water partition coefficient (Wildman–Crippen LogP) is 4.16.